The lowest BCUT2D eigenvalue weighted by Gasteiger charge is -2.29. The highest BCUT2D eigenvalue weighted by Crippen LogP contribution is 2.35. The number of nitrogens with one attached hydrogen (secondary N) is 2. The number of carboxylic acids is 1. The molecule has 6 aliphatic heterocycles. The number of aliphatic carboxylic acids is 1. The lowest BCUT2D eigenvalue weighted by Crippen LogP contribution is -2.42. The van der Waals surface area contributed by atoms with Gasteiger partial charge < -0.3 is 50.9 Å². The summed E-state index contributed by atoms with van der Waals surface area (Å²) in [7, 11) is 6.36. The van der Waals surface area contributed by atoms with E-state index in [1.54, 1.807) is 0 Å². The lowest BCUT2D eigenvalue weighted by molar-refractivity contribution is -0.138. The van der Waals surface area contributed by atoms with Crippen molar-refractivity contribution in [2.24, 2.45) is 41.2 Å². The second-order valence-electron chi connectivity index (χ2n) is 26.4. The van der Waals surface area contributed by atoms with Gasteiger partial charge in [-0.15, -0.1) is 0 Å². The minimum atomic E-state index is -0.662. The van der Waals surface area contributed by atoms with Crippen molar-refractivity contribution >= 4 is 67.6 Å². The van der Waals surface area contributed by atoms with E-state index in [1.807, 2.05) is 43.8 Å². The van der Waals surface area contributed by atoms with Gasteiger partial charge in [0.15, 0.2) is 0 Å². The number of hydrogen-bond donors (Lipinski definition) is 4. The molecule has 6 aliphatic rings. The van der Waals surface area contributed by atoms with Crippen LogP contribution in [0.1, 0.15) is 95.2 Å². The number of aryl methyl sites for hydroxylation is 3. The van der Waals surface area contributed by atoms with Crippen molar-refractivity contribution in [3.63, 3.8) is 0 Å². The SMILES string of the molecule is CN1CCCC(CC(=O)O)C1.Cc1ccc(N2C[C@@H](C)[C@@H](N)C2)c2cccnc12.Cc1ccc(N2C[C@@H](C)[C@@H](NC(=O)CC3CCCN(C)C3)C2)c2cccnc12.Cc1ccc(N2C[C@@H](C)[C@@H](NC(=O)CC3CCCN(C)C3)C2)c2cccnc12. The average Bonchev–Trinajstić information content (AvgIpc) is 3.30. The maximum atomic E-state index is 12.7. The fourth-order valence-electron chi connectivity index (χ4n) is 14.2. The number of carbonyl (C=O) groups is 3. The minimum Gasteiger partial charge on any atom is -0.481 e. The van der Waals surface area contributed by atoms with Gasteiger partial charge in [0.1, 0.15) is 0 Å². The van der Waals surface area contributed by atoms with Crippen LogP contribution in [0.5, 0.6) is 0 Å². The first-order valence-corrected chi connectivity index (χ1v) is 31.8. The van der Waals surface area contributed by atoms with E-state index >= 15 is 0 Å². The van der Waals surface area contributed by atoms with E-state index in [4.69, 9.17) is 10.8 Å². The van der Waals surface area contributed by atoms with E-state index in [0.717, 1.165) is 108 Å². The number of fused-ring (bicyclic) bond motifs is 3. The second kappa shape index (κ2) is 29.3. The summed E-state index contributed by atoms with van der Waals surface area (Å²) in [6.07, 6.45) is 14.2. The first-order valence-electron chi connectivity index (χ1n) is 31.8. The van der Waals surface area contributed by atoms with Crippen LogP contribution in [0, 0.1) is 56.3 Å². The van der Waals surface area contributed by atoms with Crippen molar-refractivity contribution in [2.75, 3.05) is 114 Å². The van der Waals surface area contributed by atoms with Crippen LogP contribution in [0.15, 0.2) is 91.4 Å². The number of anilines is 3. The quantitative estimate of drug-likeness (QED) is 0.0964. The number of hydrogen-bond acceptors (Lipinski definition) is 13. The summed E-state index contributed by atoms with van der Waals surface area (Å²) in [6, 6.07) is 26.2. The molecule has 85 heavy (non-hydrogen) atoms. The van der Waals surface area contributed by atoms with Crippen LogP contribution in [0.4, 0.5) is 17.1 Å². The Kier molecular flexibility index (Phi) is 21.7. The highest BCUT2D eigenvalue weighted by atomic mass is 16.4. The van der Waals surface area contributed by atoms with Gasteiger partial charge in [0.2, 0.25) is 11.8 Å². The fourth-order valence-corrected chi connectivity index (χ4v) is 14.2. The standard InChI is InChI=1S/2C23H32N4O.C15H19N3.C8H15NO2/c2*1-16-8-9-21(19-7-4-10-24-23(16)19)27-13-17(2)20(15-27)25-22(28)12-18-6-5-11-26(3)14-18;1-10-5-6-14(12-4-3-7-17-15(10)12)18-8-11(2)13(16)9-18;1-9-4-2-3-7(6-9)5-8(10)11/h2*4,7-10,17-18,20H,5-6,11-15H2,1-3H3,(H,25,28);3-7,11,13H,8-9,16H2,1-2H3;7H,2-6H2,1H3,(H,10,11)/t2*17-,18?,20+;11-,13+;/m111./s1. The number of amides is 2. The molecule has 458 valence electrons. The molecule has 9 atom stereocenters. The van der Waals surface area contributed by atoms with Gasteiger partial charge >= 0.3 is 5.97 Å². The minimum absolute atomic E-state index is 0.210. The molecule has 0 aliphatic carbocycles. The van der Waals surface area contributed by atoms with Gasteiger partial charge in [-0.2, -0.15) is 0 Å². The van der Waals surface area contributed by atoms with Gasteiger partial charge in [-0.25, -0.2) is 0 Å². The number of nitrogens with zero attached hydrogens (tertiary/aromatic N) is 9. The zero-order chi connectivity index (χ0) is 60.3. The third-order valence-corrected chi connectivity index (χ3v) is 19.0. The van der Waals surface area contributed by atoms with Crippen LogP contribution in [0.2, 0.25) is 0 Å². The molecule has 2 amide bonds. The molecular weight excluding hydrogens is 1060 g/mol. The van der Waals surface area contributed by atoms with E-state index in [9.17, 15) is 14.4 Å². The Balaban J connectivity index is 0.000000143. The number of likely N-dealkylation sites (tertiary alicyclic amines) is 3. The first kappa shape index (κ1) is 63.1. The zero-order valence-corrected chi connectivity index (χ0v) is 52.5. The molecule has 6 saturated heterocycles. The Morgan fingerprint density at radius 3 is 1.15 bits per heavy atom. The zero-order valence-electron chi connectivity index (χ0n) is 52.5. The van der Waals surface area contributed by atoms with Crippen molar-refractivity contribution < 1.29 is 19.5 Å². The summed E-state index contributed by atoms with van der Waals surface area (Å²) in [5.41, 5.74) is 16.7. The molecular formula is C69H98N12O4. The summed E-state index contributed by atoms with van der Waals surface area (Å²) < 4.78 is 0. The first-order chi connectivity index (χ1) is 40.9. The molecule has 5 N–H and O–H groups in total. The number of pyridine rings is 3. The highest BCUT2D eigenvalue weighted by Gasteiger charge is 2.35. The fraction of sp³-hybridized carbons (Fsp3) is 0.565. The molecule has 3 aromatic carbocycles. The Morgan fingerprint density at radius 1 is 0.482 bits per heavy atom. The number of nitrogens with two attached hydrogens (primary N) is 1. The molecule has 9 heterocycles. The number of carbonyl (C=O) groups excluding carboxylic acids is 2. The highest BCUT2D eigenvalue weighted by molar-refractivity contribution is 5.96. The molecule has 0 spiro atoms. The number of carboxylic acid groups (broad SMARTS) is 1. The number of aromatic nitrogens is 3. The van der Waals surface area contributed by atoms with Crippen LogP contribution < -0.4 is 31.1 Å². The van der Waals surface area contributed by atoms with Crippen LogP contribution >= 0.6 is 0 Å². The maximum absolute atomic E-state index is 12.7. The Labute approximate surface area is 506 Å². The predicted molar refractivity (Wildman–Crippen MR) is 348 cm³/mol. The third-order valence-electron chi connectivity index (χ3n) is 19.0. The van der Waals surface area contributed by atoms with E-state index in [1.165, 1.54) is 75.6 Å². The molecule has 16 nitrogen and oxygen atoms in total. The third kappa shape index (κ3) is 16.5. The number of rotatable bonds is 11. The summed E-state index contributed by atoms with van der Waals surface area (Å²) >= 11 is 0. The van der Waals surface area contributed by atoms with Gasteiger partial charge in [0.25, 0.3) is 0 Å². The van der Waals surface area contributed by atoms with Crippen molar-refractivity contribution in [2.45, 2.75) is 117 Å². The molecule has 0 bridgehead atoms. The summed E-state index contributed by atoms with van der Waals surface area (Å²) in [5, 5.41) is 18.8. The largest absolute Gasteiger partial charge is 0.481 e. The normalized spacial score (nSPS) is 25.6. The van der Waals surface area contributed by atoms with Crippen molar-refractivity contribution in [3.05, 3.63) is 108 Å². The van der Waals surface area contributed by atoms with Gasteiger partial charge in [-0.05, 0) is 207 Å². The molecule has 16 heteroatoms. The molecule has 0 radical (unpaired) electrons. The van der Waals surface area contributed by atoms with E-state index in [2.05, 4.69) is 165 Å². The Bertz CT molecular complexity index is 3060. The van der Waals surface area contributed by atoms with E-state index in [0.29, 0.717) is 54.8 Å². The Hall–Kier alpha value is -6.46. The topological polar surface area (TPSA) is 180 Å². The maximum Gasteiger partial charge on any atom is 0.303 e. The van der Waals surface area contributed by atoms with Crippen molar-refractivity contribution in [3.8, 4) is 0 Å². The Morgan fingerprint density at radius 2 is 0.824 bits per heavy atom. The van der Waals surface area contributed by atoms with E-state index in [-0.39, 0.29) is 29.9 Å². The van der Waals surface area contributed by atoms with Gasteiger partial charge in [-0.1, -0.05) is 39.0 Å². The van der Waals surface area contributed by atoms with Gasteiger partial charge in [0.05, 0.1) is 28.6 Å². The second-order valence-corrected chi connectivity index (χ2v) is 26.4. The monoisotopic (exact) mass is 1160 g/mol. The predicted octanol–water partition coefficient (Wildman–Crippen LogP) is 9.56. The molecule has 3 unspecified atom stereocenters. The summed E-state index contributed by atoms with van der Waals surface area (Å²) in [4.78, 5) is 63.4. The summed E-state index contributed by atoms with van der Waals surface area (Å²) in [6.45, 7) is 25.1. The van der Waals surface area contributed by atoms with Crippen LogP contribution in [0.25, 0.3) is 32.7 Å². The number of piperidine rings is 3. The molecule has 0 saturated carbocycles. The average molecular weight is 1160 g/mol. The molecule has 12 rings (SSSR count). The van der Waals surface area contributed by atoms with Crippen molar-refractivity contribution in [1.29, 1.82) is 0 Å². The van der Waals surface area contributed by atoms with E-state index < -0.39 is 5.97 Å². The van der Waals surface area contributed by atoms with Crippen molar-refractivity contribution in [1.82, 2.24) is 40.3 Å². The smallest absolute Gasteiger partial charge is 0.303 e. The number of benzene rings is 3. The van der Waals surface area contributed by atoms with Crippen LogP contribution in [-0.2, 0) is 14.4 Å². The molecule has 6 aromatic rings. The van der Waals surface area contributed by atoms with Gasteiger partial charge in [-0.3, -0.25) is 29.3 Å². The molecule has 6 fully saturated rings. The lowest BCUT2D eigenvalue weighted by atomic mass is 9.94. The van der Waals surface area contributed by atoms with Crippen LogP contribution in [0.3, 0.4) is 0 Å². The van der Waals surface area contributed by atoms with Crippen LogP contribution in [-0.4, -0.2) is 170 Å². The molecule has 3 aromatic heterocycles. The van der Waals surface area contributed by atoms with Gasteiger partial charge in [0, 0.05) is 136 Å². The summed E-state index contributed by atoms with van der Waals surface area (Å²) in [5.74, 6) is 2.58.